The number of anilines is 2. The molecule has 3 amide bonds. The Morgan fingerprint density at radius 1 is 1.00 bits per heavy atom. The van der Waals surface area contributed by atoms with Gasteiger partial charge in [-0.3, -0.25) is 19.8 Å². The summed E-state index contributed by atoms with van der Waals surface area (Å²) < 4.78 is 13.5. The lowest BCUT2D eigenvalue weighted by atomic mass is 10.1. The predicted molar refractivity (Wildman–Crippen MR) is 121 cm³/mol. The minimum absolute atomic E-state index is 0.144. The summed E-state index contributed by atoms with van der Waals surface area (Å²) in [5, 5.41) is 4.02. The van der Waals surface area contributed by atoms with Crippen LogP contribution < -0.4 is 15.8 Å². The lowest BCUT2D eigenvalue weighted by Crippen LogP contribution is -2.50. The summed E-state index contributed by atoms with van der Waals surface area (Å²) >= 11 is 0. The Morgan fingerprint density at radius 3 is 2.61 bits per heavy atom. The molecule has 1 fully saturated rings. The monoisotopic (exact) mass is 443 g/mol. The number of carbonyl (C=O) groups is 3. The van der Waals surface area contributed by atoms with Gasteiger partial charge < -0.3 is 10.3 Å². The number of fused-ring (bicyclic) bond motifs is 1. The van der Waals surface area contributed by atoms with Gasteiger partial charge in [0.05, 0.1) is 16.7 Å². The molecule has 3 N–H and O–H groups in total. The zero-order valence-electron chi connectivity index (χ0n) is 17.3. The number of hydrogen-bond donors (Lipinski definition) is 3. The van der Waals surface area contributed by atoms with Gasteiger partial charge in [-0.25, -0.2) is 14.4 Å². The number of halogens is 1. The Balaban J connectivity index is 1.32. The molecule has 9 heteroatoms. The third-order valence-corrected chi connectivity index (χ3v) is 5.28. The van der Waals surface area contributed by atoms with Crippen LogP contribution in [0, 0.1) is 5.82 Å². The Kier molecular flexibility index (Phi) is 5.06. The summed E-state index contributed by atoms with van der Waals surface area (Å²) in [6, 6.07) is 17.7. The van der Waals surface area contributed by atoms with Crippen LogP contribution in [-0.2, 0) is 9.59 Å². The normalized spacial score (nSPS) is 13.8. The fraction of sp³-hybridized carbons (Fsp3) is 0.0833. The first-order valence-corrected chi connectivity index (χ1v) is 10.3. The van der Waals surface area contributed by atoms with E-state index in [0.717, 1.165) is 0 Å². The third kappa shape index (κ3) is 4.16. The molecule has 0 atom stereocenters. The minimum Gasteiger partial charge on any atom is -0.338 e. The van der Waals surface area contributed by atoms with Crippen molar-refractivity contribution in [3.63, 3.8) is 0 Å². The van der Waals surface area contributed by atoms with E-state index >= 15 is 0 Å². The highest BCUT2D eigenvalue weighted by Crippen LogP contribution is 2.24. The van der Waals surface area contributed by atoms with Crippen molar-refractivity contribution in [2.45, 2.75) is 12.8 Å². The van der Waals surface area contributed by atoms with Crippen molar-refractivity contribution >= 4 is 40.1 Å². The first-order chi connectivity index (χ1) is 16.0. The average Bonchev–Trinajstić information content (AvgIpc) is 3.24. The van der Waals surface area contributed by atoms with Gasteiger partial charge in [-0.05, 0) is 54.6 Å². The lowest BCUT2D eigenvalue weighted by Gasteiger charge is -2.27. The first-order valence-electron chi connectivity index (χ1n) is 10.3. The van der Waals surface area contributed by atoms with E-state index in [1.807, 2.05) is 0 Å². The molecule has 8 nitrogen and oxygen atoms in total. The molecule has 0 saturated carbocycles. The van der Waals surface area contributed by atoms with Crippen LogP contribution in [0.1, 0.15) is 23.2 Å². The largest absolute Gasteiger partial charge is 0.338 e. The van der Waals surface area contributed by atoms with Gasteiger partial charge in [-0.2, -0.15) is 0 Å². The molecule has 0 radical (unpaired) electrons. The van der Waals surface area contributed by atoms with Crippen molar-refractivity contribution in [1.82, 2.24) is 15.4 Å². The fourth-order valence-corrected chi connectivity index (χ4v) is 3.61. The Bertz CT molecular complexity index is 1400. The second kappa shape index (κ2) is 8.19. The maximum atomic E-state index is 13.5. The molecule has 164 valence electrons. The van der Waals surface area contributed by atoms with Crippen LogP contribution in [0.5, 0.6) is 0 Å². The van der Waals surface area contributed by atoms with Crippen LogP contribution >= 0.6 is 0 Å². The highest BCUT2D eigenvalue weighted by atomic mass is 19.1. The van der Waals surface area contributed by atoms with Gasteiger partial charge in [0.2, 0.25) is 11.8 Å². The maximum absolute atomic E-state index is 13.5. The SMILES string of the molecule is O=C1CCC(=O)N(c2ccc(C(=O)Nc3ccc4nc(-c5cccc(F)c5)[nH]c4c3)cc2)N1. The molecule has 2 heterocycles. The number of hydrazine groups is 1. The summed E-state index contributed by atoms with van der Waals surface area (Å²) in [5.41, 5.74) is 5.95. The van der Waals surface area contributed by atoms with Crippen molar-refractivity contribution in [2.24, 2.45) is 0 Å². The van der Waals surface area contributed by atoms with Gasteiger partial charge in [-0.1, -0.05) is 12.1 Å². The molecule has 1 aromatic heterocycles. The molecular formula is C24H18FN5O3. The zero-order valence-corrected chi connectivity index (χ0v) is 17.3. The Morgan fingerprint density at radius 2 is 1.82 bits per heavy atom. The van der Waals surface area contributed by atoms with Crippen LogP contribution in [0.3, 0.4) is 0 Å². The van der Waals surface area contributed by atoms with Gasteiger partial charge >= 0.3 is 0 Å². The molecule has 1 saturated heterocycles. The van der Waals surface area contributed by atoms with E-state index in [0.29, 0.717) is 39.4 Å². The number of imidazole rings is 1. The van der Waals surface area contributed by atoms with Crippen molar-refractivity contribution in [3.8, 4) is 11.4 Å². The quantitative estimate of drug-likeness (QED) is 0.446. The number of aromatic nitrogens is 2. The number of H-pyrrole nitrogens is 1. The number of benzene rings is 3. The fourth-order valence-electron chi connectivity index (χ4n) is 3.61. The molecule has 0 aliphatic carbocycles. The van der Waals surface area contributed by atoms with Crippen LogP contribution in [-0.4, -0.2) is 27.7 Å². The van der Waals surface area contributed by atoms with Crippen LogP contribution in [0.4, 0.5) is 15.8 Å². The first kappa shape index (κ1) is 20.4. The maximum Gasteiger partial charge on any atom is 0.255 e. The summed E-state index contributed by atoms with van der Waals surface area (Å²) in [6.07, 6.45) is 0.311. The van der Waals surface area contributed by atoms with Gasteiger partial charge in [0, 0.05) is 29.7 Å². The summed E-state index contributed by atoms with van der Waals surface area (Å²) in [6.45, 7) is 0. The molecule has 0 bridgehead atoms. The van der Waals surface area contributed by atoms with Crippen molar-refractivity contribution in [2.75, 3.05) is 10.3 Å². The summed E-state index contributed by atoms with van der Waals surface area (Å²) in [4.78, 5) is 43.9. The van der Waals surface area contributed by atoms with E-state index in [-0.39, 0.29) is 36.4 Å². The van der Waals surface area contributed by atoms with E-state index < -0.39 is 0 Å². The van der Waals surface area contributed by atoms with E-state index in [4.69, 9.17) is 0 Å². The number of carbonyl (C=O) groups excluding carboxylic acids is 3. The number of amides is 3. The van der Waals surface area contributed by atoms with Crippen molar-refractivity contribution in [3.05, 3.63) is 78.1 Å². The highest BCUT2D eigenvalue weighted by molar-refractivity contribution is 6.06. The molecule has 33 heavy (non-hydrogen) atoms. The van der Waals surface area contributed by atoms with Gasteiger partial charge in [-0.15, -0.1) is 0 Å². The smallest absolute Gasteiger partial charge is 0.255 e. The topological polar surface area (TPSA) is 107 Å². The van der Waals surface area contributed by atoms with Crippen LogP contribution in [0.25, 0.3) is 22.4 Å². The van der Waals surface area contributed by atoms with Crippen molar-refractivity contribution < 1.29 is 18.8 Å². The summed E-state index contributed by atoms with van der Waals surface area (Å²) in [7, 11) is 0. The molecule has 0 spiro atoms. The van der Waals surface area contributed by atoms with Gasteiger partial charge in [0.1, 0.15) is 11.6 Å². The van der Waals surface area contributed by atoms with E-state index in [9.17, 15) is 18.8 Å². The Hall–Kier alpha value is -4.53. The highest BCUT2D eigenvalue weighted by Gasteiger charge is 2.24. The number of aromatic amines is 1. The lowest BCUT2D eigenvalue weighted by molar-refractivity contribution is -0.130. The standard InChI is InChI=1S/C24H18FN5O3/c25-16-3-1-2-15(12-16)23-27-19-9-6-17(13-20(19)28-23)26-24(33)14-4-7-18(8-5-14)30-22(32)11-10-21(31)29-30/h1-9,12-13H,10-11H2,(H,26,33)(H,27,28)(H,29,31). The van der Waals surface area contributed by atoms with Crippen molar-refractivity contribution in [1.29, 1.82) is 0 Å². The molecule has 1 aliphatic rings. The van der Waals surface area contributed by atoms with E-state index in [1.54, 1.807) is 54.6 Å². The third-order valence-electron chi connectivity index (χ3n) is 5.28. The van der Waals surface area contributed by atoms with Crippen LogP contribution in [0.2, 0.25) is 0 Å². The van der Waals surface area contributed by atoms with Crippen LogP contribution in [0.15, 0.2) is 66.7 Å². The second-order valence-corrected chi connectivity index (χ2v) is 7.59. The molecule has 5 rings (SSSR count). The average molecular weight is 443 g/mol. The molecule has 4 aromatic rings. The van der Waals surface area contributed by atoms with E-state index in [1.165, 1.54) is 17.1 Å². The Labute approximate surface area is 187 Å². The minimum atomic E-state index is -0.348. The molecular weight excluding hydrogens is 425 g/mol. The van der Waals surface area contributed by atoms with Gasteiger partial charge in [0.25, 0.3) is 5.91 Å². The number of nitrogens with one attached hydrogen (secondary N) is 3. The molecule has 1 aliphatic heterocycles. The van der Waals surface area contributed by atoms with E-state index in [2.05, 4.69) is 20.7 Å². The number of nitrogens with zero attached hydrogens (tertiary/aromatic N) is 2. The number of hydrogen-bond acceptors (Lipinski definition) is 4. The predicted octanol–water partition coefficient (Wildman–Crippen LogP) is 3.78. The summed E-state index contributed by atoms with van der Waals surface area (Å²) in [5.74, 6) is -0.593. The van der Waals surface area contributed by atoms with Gasteiger partial charge in [0.15, 0.2) is 0 Å². The molecule has 3 aromatic carbocycles. The zero-order chi connectivity index (χ0) is 22.9. The molecule has 0 unspecified atom stereocenters. The second-order valence-electron chi connectivity index (χ2n) is 7.59. The number of rotatable bonds is 4.